The molecule has 0 spiro atoms. The molecule has 29 heavy (non-hydrogen) atoms. The second-order valence-corrected chi connectivity index (χ2v) is 8.25. The van der Waals surface area contributed by atoms with Crippen LogP contribution in [0.15, 0.2) is 29.5 Å². The van der Waals surface area contributed by atoms with Crippen LogP contribution < -0.4 is 0 Å². The lowest BCUT2D eigenvalue weighted by Crippen LogP contribution is -2.37. The van der Waals surface area contributed by atoms with Gasteiger partial charge in [0.15, 0.2) is 5.69 Å². The summed E-state index contributed by atoms with van der Waals surface area (Å²) in [5, 5.41) is 8.80. The summed E-state index contributed by atoms with van der Waals surface area (Å²) in [7, 11) is 2.12. The van der Waals surface area contributed by atoms with E-state index in [4.69, 9.17) is 9.62 Å². The van der Waals surface area contributed by atoms with E-state index in [-0.39, 0.29) is 5.91 Å². The highest BCUT2D eigenvalue weighted by Gasteiger charge is 2.32. The largest absolute Gasteiger partial charge is 0.364 e. The minimum absolute atomic E-state index is 0.103. The minimum Gasteiger partial charge on any atom is -0.364 e. The van der Waals surface area contributed by atoms with Gasteiger partial charge in [0.05, 0.1) is 12.2 Å². The van der Waals surface area contributed by atoms with Gasteiger partial charge in [-0.2, -0.15) is 5.10 Å². The third-order valence-corrected chi connectivity index (χ3v) is 6.24. The summed E-state index contributed by atoms with van der Waals surface area (Å²) in [4.78, 5) is 17.7. The molecule has 1 aliphatic heterocycles. The lowest BCUT2D eigenvalue weighted by molar-refractivity contribution is 0.0753. The van der Waals surface area contributed by atoms with Gasteiger partial charge in [0.25, 0.3) is 5.91 Å². The van der Waals surface area contributed by atoms with Crippen molar-refractivity contribution >= 4 is 5.91 Å². The van der Waals surface area contributed by atoms with Crippen LogP contribution in [0.5, 0.6) is 0 Å². The fourth-order valence-electron chi connectivity index (χ4n) is 4.62. The van der Waals surface area contributed by atoms with E-state index < -0.39 is 0 Å². The average Bonchev–Trinajstić information content (AvgIpc) is 3.27. The van der Waals surface area contributed by atoms with Crippen molar-refractivity contribution in [3.05, 3.63) is 47.6 Å². The van der Waals surface area contributed by atoms with Gasteiger partial charge in [0, 0.05) is 43.0 Å². The number of hydrogen-bond acceptors (Lipinski definition) is 5. The van der Waals surface area contributed by atoms with Gasteiger partial charge in [0.2, 0.25) is 0 Å². The topological polar surface area (TPSA) is 67.4 Å². The molecule has 1 saturated heterocycles. The first kappa shape index (κ1) is 19.9. The first-order valence-electron chi connectivity index (χ1n) is 10.8. The maximum Gasteiger partial charge on any atom is 0.274 e. The molecule has 3 heterocycles. The standard InChI is InChI=1S/C22H31N5O2/c1-3-11-27-20-9-8-18(25(2)16-17-10-14-29-24-17)15-19(20)21(23-27)22(28)26-12-6-4-5-7-13-26/h3,10,14,18H,1,4-9,11-13,15-16H2,2H3. The highest BCUT2D eigenvalue weighted by atomic mass is 16.5. The monoisotopic (exact) mass is 397 g/mol. The Bertz CT molecular complexity index is 834. The second kappa shape index (κ2) is 8.95. The van der Waals surface area contributed by atoms with Crippen molar-refractivity contribution in [1.29, 1.82) is 0 Å². The van der Waals surface area contributed by atoms with Crippen LogP contribution in [0.3, 0.4) is 0 Å². The number of nitrogens with zero attached hydrogens (tertiary/aromatic N) is 5. The molecule has 0 saturated carbocycles. The highest BCUT2D eigenvalue weighted by molar-refractivity contribution is 5.94. The van der Waals surface area contributed by atoms with Crippen LogP contribution in [0.1, 0.15) is 59.5 Å². The summed E-state index contributed by atoms with van der Waals surface area (Å²) < 4.78 is 6.95. The Balaban J connectivity index is 1.57. The smallest absolute Gasteiger partial charge is 0.274 e. The highest BCUT2D eigenvalue weighted by Crippen LogP contribution is 2.29. The Hall–Kier alpha value is -2.41. The molecule has 2 aromatic heterocycles. The van der Waals surface area contributed by atoms with Gasteiger partial charge < -0.3 is 9.42 Å². The van der Waals surface area contributed by atoms with Crippen LogP contribution in [-0.2, 0) is 25.9 Å². The molecular formula is C22H31N5O2. The number of hydrogen-bond donors (Lipinski definition) is 0. The first-order valence-corrected chi connectivity index (χ1v) is 10.8. The molecule has 0 aromatic carbocycles. The van der Waals surface area contributed by atoms with E-state index in [0.29, 0.717) is 18.3 Å². The van der Waals surface area contributed by atoms with Gasteiger partial charge in [-0.25, -0.2) is 0 Å². The van der Waals surface area contributed by atoms with Gasteiger partial charge >= 0.3 is 0 Å². The van der Waals surface area contributed by atoms with Crippen molar-refractivity contribution in [3.8, 4) is 0 Å². The Kier molecular flexibility index (Phi) is 6.13. The van der Waals surface area contributed by atoms with Gasteiger partial charge in [-0.05, 0) is 39.2 Å². The summed E-state index contributed by atoms with van der Waals surface area (Å²) in [5.41, 5.74) is 3.92. The third kappa shape index (κ3) is 4.29. The lowest BCUT2D eigenvalue weighted by atomic mass is 9.90. The third-order valence-electron chi connectivity index (χ3n) is 6.24. The van der Waals surface area contributed by atoms with Crippen molar-refractivity contribution < 1.29 is 9.32 Å². The molecule has 0 N–H and O–H groups in total. The number of amides is 1. The van der Waals surface area contributed by atoms with E-state index in [1.807, 2.05) is 21.7 Å². The molecule has 2 aliphatic rings. The summed E-state index contributed by atoms with van der Waals surface area (Å²) >= 11 is 0. The van der Waals surface area contributed by atoms with Crippen LogP contribution in [0, 0.1) is 0 Å². The molecule has 4 rings (SSSR count). The molecule has 1 fully saturated rings. The SMILES string of the molecule is C=CCn1nc(C(=O)N2CCCCCC2)c2c1CCC(N(C)Cc1ccon1)C2. The van der Waals surface area contributed by atoms with Crippen molar-refractivity contribution in [2.24, 2.45) is 0 Å². The number of rotatable bonds is 6. The fraction of sp³-hybridized carbons (Fsp3) is 0.591. The predicted molar refractivity (Wildman–Crippen MR) is 111 cm³/mol. The van der Waals surface area contributed by atoms with Crippen LogP contribution in [0.2, 0.25) is 0 Å². The number of aromatic nitrogens is 3. The molecule has 1 unspecified atom stereocenters. The molecule has 7 nitrogen and oxygen atoms in total. The Labute approximate surface area is 172 Å². The van der Waals surface area contributed by atoms with Crippen molar-refractivity contribution in [2.75, 3.05) is 20.1 Å². The maximum atomic E-state index is 13.4. The minimum atomic E-state index is 0.103. The molecule has 1 amide bonds. The molecule has 7 heteroatoms. The summed E-state index contributed by atoms with van der Waals surface area (Å²) in [6, 6.07) is 2.26. The lowest BCUT2D eigenvalue weighted by Gasteiger charge is -2.31. The van der Waals surface area contributed by atoms with E-state index in [1.54, 1.807) is 6.26 Å². The molecule has 0 bridgehead atoms. The molecule has 0 radical (unpaired) electrons. The van der Waals surface area contributed by atoms with Crippen molar-refractivity contribution in [3.63, 3.8) is 0 Å². The van der Waals surface area contributed by atoms with E-state index in [2.05, 4.69) is 23.7 Å². The van der Waals surface area contributed by atoms with Gasteiger partial charge in [-0.3, -0.25) is 14.4 Å². The number of likely N-dealkylation sites (N-methyl/N-ethyl adjacent to an activating group) is 1. The molecule has 156 valence electrons. The molecule has 1 aliphatic carbocycles. The number of carbonyl (C=O) groups excluding carboxylic acids is 1. The Morgan fingerprint density at radius 1 is 1.34 bits per heavy atom. The zero-order valence-electron chi connectivity index (χ0n) is 17.3. The van der Waals surface area contributed by atoms with Crippen LogP contribution in [-0.4, -0.2) is 56.8 Å². The maximum absolute atomic E-state index is 13.4. The van der Waals surface area contributed by atoms with Crippen LogP contribution in [0.4, 0.5) is 0 Å². The normalized spacial score (nSPS) is 19.8. The number of likely N-dealkylation sites (tertiary alicyclic amines) is 1. The Morgan fingerprint density at radius 3 is 2.83 bits per heavy atom. The summed E-state index contributed by atoms with van der Waals surface area (Å²) in [6.07, 6.45) is 10.9. The van der Waals surface area contributed by atoms with Gasteiger partial charge in [0.1, 0.15) is 6.26 Å². The molecule has 2 aromatic rings. The van der Waals surface area contributed by atoms with Crippen LogP contribution in [0.25, 0.3) is 0 Å². The van der Waals surface area contributed by atoms with Crippen molar-refractivity contribution in [1.82, 2.24) is 24.7 Å². The second-order valence-electron chi connectivity index (χ2n) is 8.25. The van der Waals surface area contributed by atoms with E-state index in [1.165, 1.54) is 18.5 Å². The Morgan fingerprint density at radius 2 is 2.14 bits per heavy atom. The molecular weight excluding hydrogens is 366 g/mol. The zero-order chi connectivity index (χ0) is 20.2. The van der Waals surface area contributed by atoms with Gasteiger partial charge in [-0.15, -0.1) is 6.58 Å². The van der Waals surface area contributed by atoms with Crippen molar-refractivity contribution in [2.45, 2.75) is 64.1 Å². The first-order chi connectivity index (χ1) is 14.2. The quantitative estimate of drug-likeness (QED) is 0.701. The fourth-order valence-corrected chi connectivity index (χ4v) is 4.62. The summed E-state index contributed by atoms with van der Waals surface area (Å²) in [6.45, 7) is 6.95. The van der Waals surface area contributed by atoms with E-state index >= 15 is 0 Å². The zero-order valence-corrected chi connectivity index (χ0v) is 17.3. The number of allylic oxidation sites excluding steroid dienone is 1. The van der Waals surface area contributed by atoms with E-state index in [9.17, 15) is 4.79 Å². The van der Waals surface area contributed by atoms with E-state index in [0.717, 1.165) is 63.0 Å². The summed E-state index contributed by atoms with van der Waals surface area (Å²) in [5.74, 6) is 0.103. The van der Waals surface area contributed by atoms with Crippen LogP contribution >= 0.6 is 0 Å². The average molecular weight is 398 g/mol. The number of carbonyl (C=O) groups is 1. The van der Waals surface area contributed by atoms with Gasteiger partial charge in [-0.1, -0.05) is 24.1 Å². The predicted octanol–water partition coefficient (Wildman–Crippen LogP) is 3.06. The number of fused-ring (bicyclic) bond motifs is 1. The molecule has 1 atom stereocenters.